The van der Waals surface area contributed by atoms with E-state index in [-0.39, 0.29) is 10.7 Å². The van der Waals surface area contributed by atoms with Crippen LogP contribution in [-0.4, -0.2) is 96.2 Å². The van der Waals surface area contributed by atoms with Crippen molar-refractivity contribution in [2.75, 3.05) is 13.5 Å². The average molecular weight is 1070 g/mol. The van der Waals surface area contributed by atoms with Crippen molar-refractivity contribution in [1.29, 1.82) is 0 Å². The summed E-state index contributed by atoms with van der Waals surface area (Å²) in [5.41, 5.74) is 3.97. The predicted octanol–water partition coefficient (Wildman–Crippen LogP) is -6.73. The van der Waals surface area contributed by atoms with Gasteiger partial charge in [-0.3, -0.25) is 0 Å². The van der Waals surface area contributed by atoms with Gasteiger partial charge in [-0.2, -0.15) is 0 Å². The molecule has 0 aliphatic carbocycles. The van der Waals surface area contributed by atoms with Crippen molar-refractivity contribution in [3.63, 3.8) is 0 Å². The maximum atomic E-state index is 5.85. The van der Waals surface area contributed by atoms with E-state index < -0.39 is 75.4 Å². The predicted molar refractivity (Wildman–Crippen MR) is 138 cm³/mol. The Hall–Kier alpha value is -1.00. The third-order valence-electron chi connectivity index (χ3n) is 3.03. The first kappa shape index (κ1) is 39.0. The van der Waals surface area contributed by atoms with Gasteiger partial charge in [-0.05, 0) is 0 Å². The molecule has 1 aliphatic heterocycles. The van der Waals surface area contributed by atoms with Crippen molar-refractivity contribution in [1.82, 2.24) is 21.9 Å². The maximum absolute atomic E-state index is 5.85. The molecule has 0 radical (unpaired) electrons. The quantitative estimate of drug-likeness (QED) is 0.0300. The number of hydroxylamine groups is 3. The van der Waals surface area contributed by atoms with Crippen molar-refractivity contribution in [3.05, 3.63) is 0 Å². The first-order chi connectivity index (χ1) is 20.2. The molecule has 1 heterocycles. The van der Waals surface area contributed by atoms with Gasteiger partial charge in [0.05, 0.1) is 0 Å². The second-order valence-electron chi connectivity index (χ2n) is 5.28. The third-order valence-corrected chi connectivity index (χ3v) is 6.12. The molecule has 0 aromatic carbocycles. The van der Waals surface area contributed by atoms with Crippen LogP contribution >= 0.6 is 46.0 Å². The molecule has 1 fully saturated rings. The zero-order chi connectivity index (χ0) is 31.5. The van der Waals surface area contributed by atoms with Gasteiger partial charge in [0.1, 0.15) is 0 Å². The number of nitrogens with one attached hydrogen (secondary N) is 2. The molecule has 0 aromatic heterocycles. The van der Waals surface area contributed by atoms with Crippen LogP contribution in [0.4, 0.5) is 0 Å². The average Bonchev–Trinajstić information content (AvgIpc) is 2.99. The Morgan fingerprint density at radius 1 is 0.929 bits per heavy atom. The molecule has 1 rings (SSSR count). The van der Waals surface area contributed by atoms with Gasteiger partial charge in [0, 0.05) is 0 Å². The molecule has 0 spiro atoms. The van der Waals surface area contributed by atoms with E-state index in [9.17, 15) is 0 Å². The second kappa shape index (κ2) is 20.1. The van der Waals surface area contributed by atoms with E-state index in [1.54, 1.807) is 0 Å². The molecule has 2 N–H and O–H groups in total. The number of hydrogen-bond donors (Lipinski definition) is 2. The Balaban J connectivity index is 3.72. The molecule has 4 unspecified atom stereocenters. The summed E-state index contributed by atoms with van der Waals surface area (Å²) in [7, 11) is 0. The van der Waals surface area contributed by atoms with Gasteiger partial charge in [0.25, 0.3) is 0 Å². The van der Waals surface area contributed by atoms with Crippen molar-refractivity contribution in [2.45, 2.75) is 0 Å². The van der Waals surface area contributed by atoms with Crippen molar-refractivity contribution in [3.8, 4) is 0 Å². The summed E-state index contributed by atoms with van der Waals surface area (Å²) in [5, 5.41) is 14.2. The van der Waals surface area contributed by atoms with Crippen LogP contribution in [0, 0.1) is 0 Å². The Labute approximate surface area is 285 Å². The van der Waals surface area contributed by atoms with E-state index >= 15 is 0 Å². The first-order valence-corrected chi connectivity index (χ1v) is 14.8. The van der Waals surface area contributed by atoms with Gasteiger partial charge >= 0.3 is 288 Å². The molecule has 0 saturated carbocycles. The summed E-state index contributed by atoms with van der Waals surface area (Å²) >= 11 is -0.850. The van der Waals surface area contributed by atoms with Crippen LogP contribution in [-0.2, 0) is 53.7 Å². The molecule has 4 atom stereocenters. The van der Waals surface area contributed by atoms with E-state index in [2.05, 4.69) is 93.8 Å². The van der Waals surface area contributed by atoms with Crippen LogP contribution in [0.2, 0.25) is 0 Å². The number of halogens is 4. The van der Waals surface area contributed by atoms with Gasteiger partial charge in [-0.25, -0.2) is 0 Å². The summed E-state index contributed by atoms with van der Waals surface area (Å²) in [4.78, 5) is 50.9. The summed E-state index contributed by atoms with van der Waals surface area (Å²) in [6.07, 6.45) is 0. The number of nitrogens with zero attached hydrogens (tertiary/aromatic N) is 14. The van der Waals surface area contributed by atoms with Crippen LogP contribution in [0.5, 0.6) is 0 Å². The van der Waals surface area contributed by atoms with Gasteiger partial charge in [0.15, 0.2) is 0 Å². The number of hydrogen-bond acceptors (Lipinski definition) is 24. The topological polar surface area (TPSA) is 240 Å². The number of quaternary nitrogens is 4. The molecular formula is C10H22I4N16O12+2. The van der Waals surface area contributed by atoms with Gasteiger partial charge in [-0.1, -0.05) is 0 Å². The second-order valence-corrected chi connectivity index (χ2v) is 9.88. The molecule has 1 saturated heterocycles. The Bertz CT molecular complexity index is 951. The van der Waals surface area contributed by atoms with Crippen molar-refractivity contribution < 1.29 is 116 Å². The number of rotatable bonds is 24. The van der Waals surface area contributed by atoms with E-state index in [0.717, 1.165) is 0 Å². The first-order valence-electron chi connectivity index (χ1n) is 9.27. The minimum atomic E-state index is -2.10. The van der Waals surface area contributed by atoms with Crippen LogP contribution in [0.25, 0.3) is 0 Å². The van der Waals surface area contributed by atoms with Crippen LogP contribution in [0.15, 0.2) is 36.9 Å². The van der Waals surface area contributed by atoms with E-state index in [0.29, 0.717) is 0 Å². The van der Waals surface area contributed by atoms with E-state index in [4.69, 9.17) is 50.6 Å². The molecule has 240 valence electrons. The van der Waals surface area contributed by atoms with Crippen molar-refractivity contribution in [2.24, 2.45) is 36.9 Å². The Kier molecular flexibility index (Phi) is 18.7. The summed E-state index contributed by atoms with van der Waals surface area (Å²) in [6.45, 7) is 25.0. The van der Waals surface area contributed by atoms with Gasteiger partial charge < -0.3 is 0 Å². The normalized spacial score (nSPS) is 25.6. The van der Waals surface area contributed by atoms with Crippen LogP contribution in [0.1, 0.15) is 0 Å². The monoisotopic (exact) mass is 1070 g/mol. The van der Waals surface area contributed by atoms with E-state index in [1.165, 1.54) is 46.0 Å². The third kappa shape index (κ3) is 11.8. The van der Waals surface area contributed by atoms with Crippen molar-refractivity contribution >= 4 is 99.8 Å². The molecule has 1 aliphatic rings. The molecule has 0 bridgehead atoms. The molecule has 0 amide bonds. The molecular weight excluding hydrogens is 1040 g/mol. The summed E-state index contributed by atoms with van der Waals surface area (Å²) in [6, 6.07) is 0. The van der Waals surface area contributed by atoms with Crippen LogP contribution < -0.4 is 54.9 Å². The standard InChI is InChI=1S/C10H22I4N16O12/c1-15-9-27(34-12,37-24-33-11)40-28(13-16-2)41-29(21-7,35-14-17-3)31-10-32-30(22-8,42-28)39-26(20-6)38-25(19-5)36-23-18-4/h23-24H,1-10H2/q+2. The van der Waals surface area contributed by atoms with Gasteiger partial charge in [-0.15, -0.1) is 0 Å². The molecule has 42 heavy (non-hydrogen) atoms. The Morgan fingerprint density at radius 3 is 2.12 bits per heavy atom. The van der Waals surface area contributed by atoms with E-state index in [1.807, 2.05) is 11.2 Å². The Morgan fingerprint density at radius 2 is 1.60 bits per heavy atom. The fourth-order valence-electron chi connectivity index (χ4n) is 1.73. The zero-order valence-electron chi connectivity index (χ0n) is 20.7. The molecule has 28 nitrogen and oxygen atoms in total. The number of hydrazone groups is 3. The molecule has 32 heteroatoms. The van der Waals surface area contributed by atoms with Gasteiger partial charge in [0.2, 0.25) is 0 Å². The molecule has 0 aromatic rings. The summed E-state index contributed by atoms with van der Waals surface area (Å²) in [5.74, 6) is 0. The fourth-order valence-corrected chi connectivity index (χ4v) is 4.06. The zero-order valence-corrected chi connectivity index (χ0v) is 29.4. The fraction of sp³-hybridized carbons (Fsp3) is 0.200. The minimum absolute atomic E-state index is 0.172. The SMILES string of the molecule is C=NC[N+](OI)(ONOI)O[N+]1([I-]N=C)O[N+](N=C)(O[I-]N=C)OCO[N+](N=C)(ON(N=C)ON(N=C)ONN=C)O1. The summed E-state index contributed by atoms with van der Waals surface area (Å²) < 4.78 is 21.1. The van der Waals surface area contributed by atoms with Crippen LogP contribution in [0.3, 0.4) is 0 Å². The number of aliphatic imine (C=N–C) groups is 1.